The summed E-state index contributed by atoms with van der Waals surface area (Å²) in [6, 6.07) is 7.05. The number of hydrogen-bond acceptors (Lipinski definition) is 5. The van der Waals surface area contributed by atoms with E-state index < -0.39 is 10.0 Å². The molecule has 7 nitrogen and oxygen atoms in total. The van der Waals surface area contributed by atoms with Gasteiger partial charge in [0.25, 0.3) is 0 Å². The van der Waals surface area contributed by atoms with Crippen molar-refractivity contribution in [3.63, 3.8) is 0 Å². The number of sulfonamides is 1. The molecule has 9 heteroatoms. The summed E-state index contributed by atoms with van der Waals surface area (Å²) in [7, 11) is -3.36. The van der Waals surface area contributed by atoms with E-state index >= 15 is 0 Å². The van der Waals surface area contributed by atoms with Crippen LogP contribution in [0.15, 0.2) is 39.5 Å². The van der Waals surface area contributed by atoms with Crippen molar-refractivity contribution >= 4 is 27.3 Å². The molecule has 1 aromatic carbocycles. The van der Waals surface area contributed by atoms with Crippen molar-refractivity contribution in [3.8, 4) is 0 Å². The second-order valence-electron chi connectivity index (χ2n) is 6.98. The summed E-state index contributed by atoms with van der Waals surface area (Å²) in [5.41, 5.74) is 2.06. The summed E-state index contributed by atoms with van der Waals surface area (Å²) in [4.78, 5) is 9.43. The van der Waals surface area contributed by atoms with Crippen LogP contribution < -0.4 is 10.6 Å². The number of thiazole rings is 1. The number of benzene rings is 1. The first-order valence-corrected chi connectivity index (χ1v) is 12.3. The number of aromatic nitrogens is 1. The summed E-state index contributed by atoms with van der Waals surface area (Å²) in [6.45, 7) is 7.28. The molecule has 2 N–H and O–H groups in total. The Balaban J connectivity index is 1.57. The van der Waals surface area contributed by atoms with Gasteiger partial charge in [-0.15, -0.1) is 11.3 Å². The van der Waals surface area contributed by atoms with Gasteiger partial charge in [0, 0.05) is 38.0 Å². The summed E-state index contributed by atoms with van der Waals surface area (Å²) < 4.78 is 26.8. The van der Waals surface area contributed by atoms with E-state index in [1.54, 1.807) is 27.8 Å². The molecule has 1 aliphatic heterocycles. The molecule has 1 saturated heterocycles. The van der Waals surface area contributed by atoms with Crippen molar-refractivity contribution < 1.29 is 8.42 Å². The van der Waals surface area contributed by atoms with Gasteiger partial charge in [0.1, 0.15) is 0 Å². The minimum absolute atomic E-state index is 0.357. The van der Waals surface area contributed by atoms with Gasteiger partial charge in [-0.25, -0.2) is 18.4 Å². The van der Waals surface area contributed by atoms with Gasteiger partial charge in [0.2, 0.25) is 10.0 Å². The van der Waals surface area contributed by atoms with Crippen LogP contribution in [0, 0.1) is 6.92 Å². The van der Waals surface area contributed by atoms with E-state index in [1.807, 2.05) is 26.0 Å². The SMILES string of the molecule is CCNC(=NCc1ccc(S(=O)(=O)N2CCCC2)cc1)NCCc1csc(C)n1. The van der Waals surface area contributed by atoms with Crippen LogP contribution in [0.4, 0.5) is 0 Å². The third-order valence-corrected chi connectivity index (χ3v) is 7.47. The maximum absolute atomic E-state index is 12.6. The van der Waals surface area contributed by atoms with E-state index in [0.717, 1.165) is 54.6 Å². The lowest BCUT2D eigenvalue weighted by atomic mass is 10.2. The van der Waals surface area contributed by atoms with Gasteiger partial charge in [0.15, 0.2) is 5.96 Å². The fourth-order valence-electron chi connectivity index (χ4n) is 3.19. The molecule has 0 atom stereocenters. The zero-order valence-electron chi connectivity index (χ0n) is 17.0. The molecule has 0 amide bonds. The lowest BCUT2D eigenvalue weighted by molar-refractivity contribution is 0.477. The van der Waals surface area contributed by atoms with Gasteiger partial charge in [0.05, 0.1) is 22.1 Å². The molecule has 158 valence electrons. The molecular formula is C20H29N5O2S2. The van der Waals surface area contributed by atoms with Crippen molar-refractivity contribution in [2.24, 2.45) is 4.99 Å². The number of guanidine groups is 1. The van der Waals surface area contributed by atoms with Crippen LogP contribution >= 0.6 is 11.3 Å². The summed E-state index contributed by atoms with van der Waals surface area (Å²) in [5.74, 6) is 0.744. The van der Waals surface area contributed by atoms with E-state index in [2.05, 4.69) is 26.0 Å². The highest BCUT2D eigenvalue weighted by atomic mass is 32.2. The number of hydrogen-bond donors (Lipinski definition) is 2. The minimum Gasteiger partial charge on any atom is -0.357 e. The Kier molecular flexibility index (Phi) is 7.63. The van der Waals surface area contributed by atoms with E-state index in [-0.39, 0.29) is 0 Å². The van der Waals surface area contributed by atoms with Crippen LogP contribution in [0.25, 0.3) is 0 Å². The number of aryl methyl sites for hydroxylation is 1. The second-order valence-corrected chi connectivity index (χ2v) is 9.99. The third-order valence-electron chi connectivity index (χ3n) is 4.73. The van der Waals surface area contributed by atoms with Gasteiger partial charge in [-0.2, -0.15) is 4.31 Å². The van der Waals surface area contributed by atoms with Crippen molar-refractivity contribution in [3.05, 3.63) is 45.9 Å². The Morgan fingerprint density at radius 2 is 1.93 bits per heavy atom. The van der Waals surface area contributed by atoms with Crippen LogP contribution in [0.3, 0.4) is 0 Å². The zero-order valence-corrected chi connectivity index (χ0v) is 18.7. The Hall–Kier alpha value is -1.97. The van der Waals surface area contributed by atoms with Gasteiger partial charge in [-0.1, -0.05) is 12.1 Å². The van der Waals surface area contributed by atoms with Gasteiger partial charge >= 0.3 is 0 Å². The Bertz CT molecular complexity index is 917. The van der Waals surface area contributed by atoms with Gasteiger partial charge in [-0.05, 0) is 44.4 Å². The van der Waals surface area contributed by atoms with Crippen molar-refractivity contribution in [1.82, 2.24) is 19.9 Å². The molecule has 1 fully saturated rings. The largest absolute Gasteiger partial charge is 0.357 e. The fraction of sp³-hybridized carbons (Fsp3) is 0.500. The quantitative estimate of drug-likeness (QED) is 0.492. The predicted molar refractivity (Wildman–Crippen MR) is 118 cm³/mol. The lowest BCUT2D eigenvalue weighted by Gasteiger charge is -2.15. The summed E-state index contributed by atoms with van der Waals surface area (Å²) in [5, 5.41) is 9.72. The standard InChI is InChI=1S/C20H29N5O2S2/c1-3-21-20(22-11-10-18-15-28-16(2)24-18)23-14-17-6-8-19(9-7-17)29(26,27)25-12-4-5-13-25/h6-9,15H,3-5,10-14H2,1-2H3,(H2,21,22,23). The molecule has 0 radical (unpaired) electrons. The smallest absolute Gasteiger partial charge is 0.243 e. The van der Waals surface area contributed by atoms with Crippen molar-refractivity contribution in [1.29, 1.82) is 0 Å². The van der Waals surface area contributed by atoms with Crippen LogP contribution in [-0.4, -0.2) is 49.8 Å². The Morgan fingerprint density at radius 1 is 1.21 bits per heavy atom. The van der Waals surface area contributed by atoms with E-state index in [1.165, 1.54) is 0 Å². The maximum Gasteiger partial charge on any atom is 0.243 e. The number of aliphatic imine (C=N–C) groups is 1. The maximum atomic E-state index is 12.6. The topological polar surface area (TPSA) is 86.7 Å². The third kappa shape index (κ3) is 6.01. The molecular weight excluding hydrogens is 406 g/mol. The lowest BCUT2D eigenvalue weighted by Crippen LogP contribution is -2.38. The molecule has 0 unspecified atom stereocenters. The Morgan fingerprint density at radius 3 is 2.55 bits per heavy atom. The van der Waals surface area contributed by atoms with Gasteiger partial charge in [-0.3, -0.25) is 0 Å². The molecule has 2 aromatic rings. The van der Waals surface area contributed by atoms with E-state index in [9.17, 15) is 8.42 Å². The first-order chi connectivity index (χ1) is 14.0. The number of nitrogens with one attached hydrogen (secondary N) is 2. The second kappa shape index (κ2) is 10.2. The van der Waals surface area contributed by atoms with Crippen LogP contribution in [0.1, 0.15) is 36.0 Å². The average molecular weight is 436 g/mol. The molecule has 1 aliphatic rings. The zero-order chi connectivity index (χ0) is 20.7. The molecule has 29 heavy (non-hydrogen) atoms. The first-order valence-electron chi connectivity index (χ1n) is 10.0. The average Bonchev–Trinajstić information content (AvgIpc) is 3.39. The van der Waals surface area contributed by atoms with E-state index in [0.29, 0.717) is 24.5 Å². The minimum atomic E-state index is -3.36. The van der Waals surface area contributed by atoms with Crippen LogP contribution in [0.2, 0.25) is 0 Å². The van der Waals surface area contributed by atoms with Crippen LogP contribution in [-0.2, 0) is 23.0 Å². The highest BCUT2D eigenvalue weighted by Gasteiger charge is 2.26. The number of rotatable bonds is 8. The molecule has 1 aromatic heterocycles. The molecule has 0 aliphatic carbocycles. The Labute approximate surface area is 177 Å². The predicted octanol–water partition coefficient (Wildman–Crippen LogP) is 2.53. The summed E-state index contributed by atoms with van der Waals surface area (Å²) in [6.07, 6.45) is 2.72. The molecule has 0 saturated carbocycles. The molecule has 3 rings (SSSR count). The molecule has 0 spiro atoms. The first kappa shape index (κ1) is 21.7. The monoisotopic (exact) mass is 435 g/mol. The van der Waals surface area contributed by atoms with E-state index in [4.69, 9.17) is 0 Å². The number of nitrogens with zero attached hydrogens (tertiary/aromatic N) is 3. The molecule has 0 bridgehead atoms. The highest BCUT2D eigenvalue weighted by Crippen LogP contribution is 2.21. The van der Waals surface area contributed by atoms with Crippen molar-refractivity contribution in [2.45, 2.75) is 44.6 Å². The molecule has 2 heterocycles. The van der Waals surface area contributed by atoms with Crippen LogP contribution in [0.5, 0.6) is 0 Å². The normalized spacial score (nSPS) is 15.6. The van der Waals surface area contributed by atoms with Gasteiger partial charge < -0.3 is 10.6 Å². The summed E-state index contributed by atoms with van der Waals surface area (Å²) >= 11 is 1.66. The van der Waals surface area contributed by atoms with Crippen molar-refractivity contribution in [2.75, 3.05) is 26.2 Å². The highest BCUT2D eigenvalue weighted by molar-refractivity contribution is 7.89. The fourth-order valence-corrected chi connectivity index (χ4v) is 5.35.